The summed E-state index contributed by atoms with van der Waals surface area (Å²) in [6.45, 7) is 5.45. The third-order valence-electron chi connectivity index (χ3n) is 4.41. The highest BCUT2D eigenvalue weighted by molar-refractivity contribution is 5.91. The molecule has 0 unspecified atom stereocenters. The topological polar surface area (TPSA) is 56.8 Å². The Kier molecular flexibility index (Phi) is 10.5. The first-order chi connectivity index (χ1) is 14.2. The van der Waals surface area contributed by atoms with Gasteiger partial charge in [-0.05, 0) is 61.9 Å². The average Bonchev–Trinajstić information content (AvgIpc) is 2.74. The van der Waals surface area contributed by atoms with Crippen molar-refractivity contribution in [2.24, 2.45) is 0 Å². The first-order valence-electron chi connectivity index (χ1n) is 10.6. The number of hydrogen-bond acceptors (Lipinski definition) is 4. The zero-order chi connectivity index (χ0) is 20.7. The maximum absolute atomic E-state index is 12.0. The van der Waals surface area contributed by atoms with Gasteiger partial charge in [-0.1, -0.05) is 39.0 Å². The van der Waals surface area contributed by atoms with Crippen molar-refractivity contribution in [3.05, 3.63) is 48.5 Å². The maximum Gasteiger partial charge on any atom is 0.262 e. The Morgan fingerprint density at radius 2 is 1.28 bits per heavy atom. The Bertz CT molecular complexity index is 698. The first kappa shape index (κ1) is 22.6. The Balaban J connectivity index is 1.64. The van der Waals surface area contributed by atoms with Crippen LogP contribution in [0.1, 0.15) is 52.4 Å². The minimum atomic E-state index is -0.211. The molecule has 0 aromatic heterocycles. The molecule has 5 nitrogen and oxygen atoms in total. The summed E-state index contributed by atoms with van der Waals surface area (Å²) in [5.74, 6) is 2.03. The quantitative estimate of drug-likeness (QED) is 0.405. The highest BCUT2D eigenvalue weighted by Crippen LogP contribution is 2.19. The van der Waals surface area contributed by atoms with E-state index in [0.717, 1.165) is 24.5 Å². The summed E-state index contributed by atoms with van der Waals surface area (Å²) in [4.78, 5) is 12.0. The van der Waals surface area contributed by atoms with Gasteiger partial charge in [0.2, 0.25) is 0 Å². The van der Waals surface area contributed by atoms with Gasteiger partial charge in [0.25, 0.3) is 5.91 Å². The number of benzene rings is 2. The van der Waals surface area contributed by atoms with Crippen LogP contribution in [-0.4, -0.2) is 25.7 Å². The molecule has 0 aliphatic heterocycles. The standard InChI is InChI=1S/C24H33NO4/c1-3-5-6-7-8-9-18-28-22-14-16-23(17-15-22)29-19-24(26)25-20-10-12-21(13-11-20)27-4-2/h10-17H,3-9,18-19H2,1-2H3,(H,25,26). The molecule has 2 rings (SSSR count). The van der Waals surface area contributed by atoms with Crippen molar-refractivity contribution in [1.29, 1.82) is 0 Å². The first-order valence-corrected chi connectivity index (χ1v) is 10.6. The predicted molar refractivity (Wildman–Crippen MR) is 117 cm³/mol. The molecule has 0 heterocycles. The van der Waals surface area contributed by atoms with Crippen molar-refractivity contribution in [3.8, 4) is 17.2 Å². The SMILES string of the molecule is CCCCCCCCOc1ccc(OCC(=O)Nc2ccc(OCC)cc2)cc1. The maximum atomic E-state index is 12.0. The summed E-state index contributed by atoms with van der Waals surface area (Å²) in [5.41, 5.74) is 0.709. The summed E-state index contributed by atoms with van der Waals surface area (Å²) in [7, 11) is 0. The summed E-state index contributed by atoms with van der Waals surface area (Å²) in [6.07, 6.45) is 7.48. The van der Waals surface area contributed by atoms with E-state index in [1.807, 2.05) is 43.3 Å². The van der Waals surface area contributed by atoms with Crippen LogP contribution < -0.4 is 19.5 Å². The van der Waals surface area contributed by atoms with Gasteiger partial charge in [0, 0.05) is 5.69 Å². The zero-order valence-electron chi connectivity index (χ0n) is 17.6. The molecule has 0 fully saturated rings. The van der Waals surface area contributed by atoms with Crippen molar-refractivity contribution in [1.82, 2.24) is 0 Å². The van der Waals surface area contributed by atoms with Crippen molar-refractivity contribution in [3.63, 3.8) is 0 Å². The predicted octanol–water partition coefficient (Wildman–Crippen LogP) is 5.84. The molecule has 0 saturated carbocycles. The van der Waals surface area contributed by atoms with Gasteiger partial charge in [-0.15, -0.1) is 0 Å². The van der Waals surface area contributed by atoms with Crippen molar-refractivity contribution in [2.75, 3.05) is 25.1 Å². The lowest BCUT2D eigenvalue weighted by atomic mass is 10.1. The smallest absolute Gasteiger partial charge is 0.262 e. The van der Waals surface area contributed by atoms with E-state index in [2.05, 4.69) is 12.2 Å². The Morgan fingerprint density at radius 1 is 0.724 bits per heavy atom. The van der Waals surface area contributed by atoms with E-state index in [0.29, 0.717) is 18.0 Å². The van der Waals surface area contributed by atoms with Gasteiger partial charge in [0.1, 0.15) is 17.2 Å². The minimum Gasteiger partial charge on any atom is -0.494 e. The van der Waals surface area contributed by atoms with Gasteiger partial charge in [-0.2, -0.15) is 0 Å². The molecule has 158 valence electrons. The third kappa shape index (κ3) is 9.37. The molecule has 5 heteroatoms. The van der Waals surface area contributed by atoms with E-state index in [4.69, 9.17) is 14.2 Å². The fourth-order valence-electron chi connectivity index (χ4n) is 2.85. The normalized spacial score (nSPS) is 10.4. The summed E-state index contributed by atoms with van der Waals surface area (Å²) < 4.78 is 16.7. The van der Waals surface area contributed by atoms with Gasteiger partial charge in [-0.3, -0.25) is 4.79 Å². The molecule has 0 atom stereocenters. The van der Waals surface area contributed by atoms with Crippen LogP contribution in [0.5, 0.6) is 17.2 Å². The molecule has 0 aliphatic carbocycles. The van der Waals surface area contributed by atoms with Crippen molar-refractivity contribution >= 4 is 11.6 Å². The van der Waals surface area contributed by atoms with E-state index in [9.17, 15) is 4.79 Å². The molecule has 2 aromatic carbocycles. The average molecular weight is 400 g/mol. The van der Waals surface area contributed by atoms with Crippen LogP contribution in [0.3, 0.4) is 0 Å². The fourth-order valence-corrected chi connectivity index (χ4v) is 2.85. The molecule has 0 bridgehead atoms. The highest BCUT2D eigenvalue weighted by atomic mass is 16.5. The number of carbonyl (C=O) groups excluding carboxylic acids is 1. The second-order valence-corrected chi connectivity index (χ2v) is 6.88. The number of unbranched alkanes of at least 4 members (excludes halogenated alkanes) is 5. The lowest BCUT2D eigenvalue weighted by Crippen LogP contribution is -2.20. The van der Waals surface area contributed by atoms with Gasteiger partial charge >= 0.3 is 0 Å². The van der Waals surface area contributed by atoms with Crippen LogP contribution in [0.2, 0.25) is 0 Å². The number of nitrogens with one attached hydrogen (secondary N) is 1. The Hall–Kier alpha value is -2.69. The summed E-state index contributed by atoms with van der Waals surface area (Å²) in [5, 5.41) is 2.80. The second kappa shape index (κ2) is 13.5. The van der Waals surface area contributed by atoms with Crippen LogP contribution in [0.15, 0.2) is 48.5 Å². The number of rotatable bonds is 14. The molecule has 1 N–H and O–H groups in total. The minimum absolute atomic E-state index is 0.0504. The number of hydrogen-bond donors (Lipinski definition) is 1. The largest absolute Gasteiger partial charge is 0.494 e. The van der Waals surface area contributed by atoms with Crippen molar-refractivity contribution in [2.45, 2.75) is 52.4 Å². The Labute approximate surface area is 174 Å². The highest BCUT2D eigenvalue weighted by Gasteiger charge is 2.05. The van der Waals surface area contributed by atoms with Gasteiger partial charge < -0.3 is 19.5 Å². The second-order valence-electron chi connectivity index (χ2n) is 6.88. The molecule has 29 heavy (non-hydrogen) atoms. The van der Waals surface area contributed by atoms with E-state index >= 15 is 0 Å². The van der Waals surface area contributed by atoms with E-state index in [1.54, 1.807) is 12.1 Å². The molecule has 0 radical (unpaired) electrons. The summed E-state index contributed by atoms with van der Waals surface area (Å²) in [6, 6.07) is 14.6. The number of amides is 1. The molecular formula is C24H33NO4. The lowest BCUT2D eigenvalue weighted by molar-refractivity contribution is -0.118. The molecule has 1 amide bonds. The van der Waals surface area contributed by atoms with Crippen LogP contribution >= 0.6 is 0 Å². The number of anilines is 1. The monoisotopic (exact) mass is 399 g/mol. The Morgan fingerprint density at radius 3 is 1.93 bits per heavy atom. The number of ether oxygens (including phenoxy) is 3. The van der Waals surface area contributed by atoms with Crippen molar-refractivity contribution < 1.29 is 19.0 Å². The van der Waals surface area contributed by atoms with E-state index < -0.39 is 0 Å². The van der Waals surface area contributed by atoms with E-state index in [1.165, 1.54) is 32.1 Å². The number of carbonyl (C=O) groups is 1. The van der Waals surface area contributed by atoms with Gasteiger partial charge in [0.05, 0.1) is 13.2 Å². The lowest BCUT2D eigenvalue weighted by Gasteiger charge is -2.10. The molecule has 2 aromatic rings. The molecule has 0 aliphatic rings. The van der Waals surface area contributed by atoms with Crippen LogP contribution in [0, 0.1) is 0 Å². The van der Waals surface area contributed by atoms with Gasteiger partial charge in [-0.25, -0.2) is 0 Å². The van der Waals surface area contributed by atoms with Crippen LogP contribution in [0.4, 0.5) is 5.69 Å². The van der Waals surface area contributed by atoms with Gasteiger partial charge in [0.15, 0.2) is 6.61 Å². The molecule has 0 spiro atoms. The van der Waals surface area contributed by atoms with Crippen LogP contribution in [0.25, 0.3) is 0 Å². The van der Waals surface area contributed by atoms with E-state index in [-0.39, 0.29) is 12.5 Å². The molecule has 0 saturated heterocycles. The summed E-state index contributed by atoms with van der Waals surface area (Å²) >= 11 is 0. The van der Waals surface area contributed by atoms with Crippen LogP contribution in [-0.2, 0) is 4.79 Å². The third-order valence-corrected chi connectivity index (χ3v) is 4.41. The zero-order valence-corrected chi connectivity index (χ0v) is 17.6. The fraction of sp³-hybridized carbons (Fsp3) is 0.458. The molecular weight excluding hydrogens is 366 g/mol.